The van der Waals surface area contributed by atoms with E-state index >= 15 is 0 Å². The van der Waals surface area contributed by atoms with Gasteiger partial charge in [0.05, 0.1) is 11.9 Å². The number of carbonyl (C=O) groups is 1. The molecule has 13 heteroatoms. The predicted molar refractivity (Wildman–Crippen MR) is 104 cm³/mol. The van der Waals surface area contributed by atoms with Crippen molar-refractivity contribution in [2.24, 2.45) is 0 Å². The molecule has 4 rings (SSSR count). The second-order valence-corrected chi connectivity index (χ2v) is 7.14. The Labute approximate surface area is 179 Å². The molecule has 4 N–H and O–H groups in total. The number of ether oxygens (including phenoxy) is 1. The highest BCUT2D eigenvalue weighted by Gasteiger charge is 2.47. The average molecular weight is 452 g/mol. The number of aromatic nitrogens is 4. The van der Waals surface area contributed by atoms with Gasteiger partial charge < -0.3 is 25.6 Å². The maximum absolute atomic E-state index is 12.9. The van der Waals surface area contributed by atoms with Crippen LogP contribution in [0.25, 0.3) is 11.2 Å². The molecule has 3 aromatic rings. The molecule has 0 saturated carbocycles. The second kappa shape index (κ2) is 8.33. The van der Waals surface area contributed by atoms with Gasteiger partial charge in [-0.15, -0.1) is 0 Å². The molecule has 10 nitrogen and oxygen atoms in total. The third-order valence-corrected chi connectivity index (χ3v) is 5.09. The Morgan fingerprint density at radius 1 is 1.22 bits per heavy atom. The van der Waals surface area contributed by atoms with E-state index in [0.29, 0.717) is 5.56 Å². The van der Waals surface area contributed by atoms with Gasteiger partial charge in [0.2, 0.25) is 0 Å². The summed E-state index contributed by atoms with van der Waals surface area (Å²) < 4.78 is 45.6. The van der Waals surface area contributed by atoms with Gasteiger partial charge in [-0.3, -0.25) is 9.36 Å². The normalized spacial score (nSPS) is 23.4. The number of benzene rings is 1. The number of alkyl halides is 3. The number of aliphatic hydroxyl groups excluding tert-OH is 2. The standard InChI is InChI=1S/C19H19F3N6O4/c1-23-17(31)14-12(29)13(30)18(32-14)28-8-27-11-15(25-7-26-16(11)28)24-6-9-3-2-4-10(5-9)19(20,21)22/h2-5,7-8,12-14,18,29-30H,6H2,1H3,(H,23,31)(H,24,25,26)/t12-,13+,14-,18+/m0/s1. The summed E-state index contributed by atoms with van der Waals surface area (Å²) in [5.74, 6) is -0.344. The molecule has 0 bridgehead atoms. The quantitative estimate of drug-likeness (QED) is 0.447. The number of nitrogens with zero attached hydrogens (tertiary/aromatic N) is 4. The molecule has 0 radical (unpaired) electrons. The summed E-state index contributed by atoms with van der Waals surface area (Å²) in [6.07, 6.45) is -7.23. The lowest BCUT2D eigenvalue weighted by Gasteiger charge is -2.16. The van der Waals surface area contributed by atoms with E-state index in [2.05, 4.69) is 25.6 Å². The van der Waals surface area contributed by atoms with Gasteiger partial charge in [0, 0.05) is 13.6 Å². The molecule has 170 valence electrons. The minimum atomic E-state index is -4.45. The number of hydrogen-bond acceptors (Lipinski definition) is 8. The number of amides is 1. The Kier molecular flexibility index (Phi) is 5.71. The van der Waals surface area contributed by atoms with Gasteiger partial charge in [-0.2, -0.15) is 13.2 Å². The molecule has 0 unspecified atom stereocenters. The van der Waals surface area contributed by atoms with E-state index in [1.165, 1.54) is 30.3 Å². The van der Waals surface area contributed by atoms with E-state index in [4.69, 9.17) is 4.74 Å². The zero-order valence-corrected chi connectivity index (χ0v) is 16.6. The van der Waals surface area contributed by atoms with Gasteiger partial charge in [-0.1, -0.05) is 12.1 Å². The highest BCUT2D eigenvalue weighted by Crippen LogP contribution is 2.33. The summed E-state index contributed by atoms with van der Waals surface area (Å²) >= 11 is 0. The zero-order chi connectivity index (χ0) is 23.0. The van der Waals surface area contributed by atoms with Crippen LogP contribution in [0.4, 0.5) is 19.0 Å². The molecule has 4 atom stereocenters. The van der Waals surface area contributed by atoms with E-state index in [9.17, 15) is 28.2 Å². The fourth-order valence-electron chi connectivity index (χ4n) is 3.46. The van der Waals surface area contributed by atoms with Crippen LogP contribution in [0.2, 0.25) is 0 Å². The Morgan fingerprint density at radius 3 is 2.72 bits per heavy atom. The van der Waals surface area contributed by atoms with Gasteiger partial charge in [0.25, 0.3) is 5.91 Å². The van der Waals surface area contributed by atoms with Gasteiger partial charge in [0.1, 0.15) is 18.5 Å². The van der Waals surface area contributed by atoms with Gasteiger partial charge in [0.15, 0.2) is 29.3 Å². The van der Waals surface area contributed by atoms with Crippen molar-refractivity contribution in [3.63, 3.8) is 0 Å². The average Bonchev–Trinajstić information content (AvgIpc) is 3.33. The first-order chi connectivity index (χ1) is 15.2. The fourth-order valence-corrected chi connectivity index (χ4v) is 3.46. The Hall–Kier alpha value is -3.29. The molecule has 3 heterocycles. The van der Waals surface area contributed by atoms with Crippen LogP contribution in [0.3, 0.4) is 0 Å². The van der Waals surface area contributed by atoms with Gasteiger partial charge in [-0.25, -0.2) is 15.0 Å². The number of likely N-dealkylation sites (N-methyl/N-ethyl adjacent to an activating group) is 1. The van der Waals surface area contributed by atoms with Gasteiger partial charge in [-0.05, 0) is 17.7 Å². The van der Waals surface area contributed by atoms with Crippen molar-refractivity contribution >= 4 is 22.9 Å². The van der Waals surface area contributed by atoms with Crippen molar-refractivity contribution in [2.45, 2.75) is 37.3 Å². The van der Waals surface area contributed by atoms with Crippen molar-refractivity contribution in [3.8, 4) is 0 Å². The van der Waals surface area contributed by atoms with Gasteiger partial charge >= 0.3 is 6.18 Å². The minimum absolute atomic E-state index is 0.0445. The molecular formula is C19H19F3N6O4. The number of nitrogens with one attached hydrogen (secondary N) is 2. The molecular weight excluding hydrogens is 433 g/mol. The number of rotatable bonds is 5. The van der Waals surface area contributed by atoms with E-state index in [-0.39, 0.29) is 23.5 Å². The summed E-state index contributed by atoms with van der Waals surface area (Å²) in [5, 5.41) is 25.8. The molecule has 1 aromatic carbocycles. The van der Waals surface area contributed by atoms with Crippen LogP contribution in [0.15, 0.2) is 36.9 Å². The first-order valence-electron chi connectivity index (χ1n) is 9.51. The number of carbonyl (C=O) groups excluding carboxylic acids is 1. The Bertz CT molecular complexity index is 1140. The number of aliphatic hydroxyl groups is 2. The van der Waals surface area contributed by atoms with Crippen molar-refractivity contribution in [1.29, 1.82) is 0 Å². The Balaban J connectivity index is 1.57. The molecule has 2 aromatic heterocycles. The van der Waals surface area contributed by atoms with Crippen molar-refractivity contribution < 1.29 is 32.9 Å². The number of fused-ring (bicyclic) bond motifs is 1. The summed E-state index contributed by atoms with van der Waals surface area (Å²) in [5.41, 5.74) is 0.135. The first kappa shape index (κ1) is 21.9. The van der Waals surface area contributed by atoms with Crippen molar-refractivity contribution in [3.05, 3.63) is 48.0 Å². The monoisotopic (exact) mass is 452 g/mol. The highest BCUT2D eigenvalue weighted by atomic mass is 19.4. The summed E-state index contributed by atoms with van der Waals surface area (Å²) in [6.45, 7) is 0.0445. The first-order valence-corrected chi connectivity index (χ1v) is 9.51. The fraction of sp³-hybridized carbons (Fsp3) is 0.368. The summed E-state index contributed by atoms with van der Waals surface area (Å²) in [7, 11) is 1.38. The number of halogens is 3. The topological polar surface area (TPSA) is 134 Å². The van der Waals surface area contributed by atoms with Crippen molar-refractivity contribution in [2.75, 3.05) is 12.4 Å². The van der Waals surface area contributed by atoms with Crippen LogP contribution in [-0.2, 0) is 22.3 Å². The molecule has 0 aliphatic carbocycles. The number of hydrogen-bond donors (Lipinski definition) is 4. The molecule has 1 aliphatic heterocycles. The lowest BCUT2D eigenvalue weighted by Crippen LogP contribution is -2.41. The third kappa shape index (κ3) is 3.97. The van der Waals surface area contributed by atoms with Crippen LogP contribution in [0.1, 0.15) is 17.4 Å². The lowest BCUT2D eigenvalue weighted by molar-refractivity contribution is -0.138. The van der Waals surface area contributed by atoms with Crippen LogP contribution >= 0.6 is 0 Å². The molecule has 1 saturated heterocycles. The smallest absolute Gasteiger partial charge is 0.387 e. The molecule has 1 amide bonds. The zero-order valence-electron chi connectivity index (χ0n) is 16.6. The van der Waals surface area contributed by atoms with E-state index in [1.54, 1.807) is 6.07 Å². The third-order valence-electron chi connectivity index (χ3n) is 5.09. The second-order valence-electron chi connectivity index (χ2n) is 7.14. The maximum Gasteiger partial charge on any atom is 0.416 e. The molecule has 1 fully saturated rings. The van der Waals surface area contributed by atoms with E-state index in [1.807, 2.05) is 0 Å². The predicted octanol–water partition coefficient (Wildman–Crippen LogP) is 0.822. The molecule has 0 spiro atoms. The SMILES string of the molecule is CNC(=O)[C@H]1O[C@@H](n2cnc3c(NCc4cccc(C(F)(F)F)c4)ncnc32)[C@H](O)[C@@H]1O. The lowest BCUT2D eigenvalue weighted by atomic mass is 10.1. The maximum atomic E-state index is 12.9. The number of imidazole rings is 1. The van der Waals surface area contributed by atoms with E-state index in [0.717, 1.165) is 12.1 Å². The van der Waals surface area contributed by atoms with E-state index < -0.39 is 42.2 Å². The van der Waals surface area contributed by atoms with Crippen LogP contribution in [0, 0.1) is 0 Å². The Morgan fingerprint density at radius 2 is 2.00 bits per heavy atom. The highest BCUT2D eigenvalue weighted by molar-refractivity contribution is 5.83. The van der Waals surface area contributed by atoms with Crippen LogP contribution in [0.5, 0.6) is 0 Å². The molecule has 1 aliphatic rings. The molecule has 32 heavy (non-hydrogen) atoms. The van der Waals surface area contributed by atoms with Crippen molar-refractivity contribution in [1.82, 2.24) is 24.8 Å². The summed E-state index contributed by atoms with van der Waals surface area (Å²) in [6, 6.07) is 4.88. The minimum Gasteiger partial charge on any atom is -0.387 e. The van der Waals surface area contributed by atoms with Crippen LogP contribution < -0.4 is 10.6 Å². The summed E-state index contributed by atoms with van der Waals surface area (Å²) in [4.78, 5) is 24.3. The van der Waals surface area contributed by atoms with Crippen LogP contribution in [-0.4, -0.2) is 61.0 Å². The largest absolute Gasteiger partial charge is 0.416 e. The number of anilines is 1.